The average Bonchev–Trinajstić information content (AvgIpc) is 2.82. The third-order valence-electron chi connectivity index (χ3n) is 5.33. The highest BCUT2D eigenvalue weighted by Crippen LogP contribution is 2.33. The van der Waals surface area contributed by atoms with E-state index in [-0.39, 0.29) is 18.6 Å². The van der Waals surface area contributed by atoms with E-state index in [1.54, 1.807) is 0 Å². The van der Waals surface area contributed by atoms with Crippen LogP contribution in [0.1, 0.15) is 43.0 Å². The van der Waals surface area contributed by atoms with Gasteiger partial charge in [-0.25, -0.2) is 4.79 Å². The molecule has 1 atom stereocenters. The van der Waals surface area contributed by atoms with Crippen molar-refractivity contribution in [1.82, 2.24) is 5.32 Å². The van der Waals surface area contributed by atoms with Gasteiger partial charge in [0.05, 0.1) is 12.6 Å². The molecule has 0 saturated heterocycles. The summed E-state index contributed by atoms with van der Waals surface area (Å²) in [5.74, 6) is 0.839. The summed E-state index contributed by atoms with van der Waals surface area (Å²) in [5, 5.41) is 12.6. The lowest BCUT2D eigenvalue weighted by molar-refractivity contribution is 0.129. The maximum atomic E-state index is 12.2. The highest BCUT2D eigenvalue weighted by molar-refractivity contribution is 5.67. The Morgan fingerprint density at radius 2 is 1.48 bits per heavy atom. The molecule has 3 aromatic carbocycles. The van der Waals surface area contributed by atoms with Crippen LogP contribution in [0.15, 0.2) is 78.9 Å². The van der Waals surface area contributed by atoms with Gasteiger partial charge in [0, 0.05) is 0 Å². The van der Waals surface area contributed by atoms with E-state index in [1.165, 1.54) is 0 Å². The minimum atomic E-state index is -0.545. The van der Waals surface area contributed by atoms with Crippen molar-refractivity contribution in [2.45, 2.75) is 51.9 Å². The van der Waals surface area contributed by atoms with Crippen molar-refractivity contribution >= 4 is 6.09 Å². The molecule has 0 saturated carbocycles. The van der Waals surface area contributed by atoms with Crippen molar-refractivity contribution in [2.75, 3.05) is 6.61 Å². The zero-order valence-corrected chi connectivity index (χ0v) is 19.6. The number of alkyl carbamates (subject to hydrolysis) is 1. The summed E-state index contributed by atoms with van der Waals surface area (Å²) in [6.45, 7) is 6.93. The van der Waals surface area contributed by atoms with Gasteiger partial charge in [-0.05, 0) is 40.2 Å². The molecule has 0 aliphatic rings. The van der Waals surface area contributed by atoms with Crippen molar-refractivity contribution in [3.8, 4) is 5.75 Å². The van der Waals surface area contributed by atoms with Crippen LogP contribution in [0.3, 0.4) is 0 Å². The summed E-state index contributed by atoms with van der Waals surface area (Å²) in [6, 6.07) is 25.2. The predicted molar refractivity (Wildman–Crippen MR) is 130 cm³/mol. The van der Waals surface area contributed by atoms with Gasteiger partial charge in [0.2, 0.25) is 0 Å². The molecule has 3 rings (SSSR count). The largest absolute Gasteiger partial charge is 0.489 e. The smallest absolute Gasteiger partial charge is 0.407 e. The molecular weight excluding hydrogens is 414 g/mol. The third-order valence-corrected chi connectivity index (χ3v) is 5.33. The maximum Gasteiger partial charge on any atom is 0.407 e. The molecule has 0 aromatic heterocycles. The van der Waals surface area contributed by atoms with Crippen LogP contribution in [0.25, 0.3) is 0 Å². The maximum absolute atomic E-state index is 12.2. The number of rotatable bonds is 9. The Labute approximate surface area is 196 Å². The van der Waals surface area contributed by atoms with Crippen LogP contribution in [0, 0.1) is 0 Å². The molecule has 0 aliphatic carbocycles. The van der Waals surface area contributed by atoms with Gasteiger partial charge < -0.3 is 19.9 Å². The first kappa shape index (κ1) is 24.3. The highest BCUT2D eigenvalue weighted by atomic mass is 16.5. The van der Waals surface area contributed by atoms with Gasteiger partial charge in [-0.15, -0.1) is 0 Å². The fourth-order valence-corrected chi connectivity index (χ4v) is 3.53. The highest BCUT2D eigenvalue weighted by Gasteiger charge is 2.21. The molecule has 0 spiro atoms. The number of benzene rings is 3. The number of aliphatic hydroxyl groups is 1. The number of ether oxygens (including phenoxy) is 2. The monoisotopic (exact) mass is 447 g/mol. The first-order valence-corrected chi connectivity index (χ1v) is 11.2. The normalized spacial score (nSPS) is 12.1. The van der Waals surface area contributed by atoms with E-state index < -0.39 is 12.1 Å². The Morgan fingerprint density at radius 3 is 2.06 bits per heavy atom. The standard InChI is InChI=1S/C28H33NO4/c1-28(2,3)25-17-23(14-15-26(25)32-19-21-10-6-4-7-11-21)16-24(18-30)29-27(31)33-20-22-12-8-5-9-13-22/h4-15,17,24,30H,16,18-20H2,1-3H3,(H,29,31). The number of carbonyl (C=O) groups excluding carboxylic acids is 1. The Bertz CT molecular complexity index is 1010. The zero-order valence-electron chi connectivity index (χ0n) is 19.6. The second kappa shape index (κ2) is 11.5. The summed E-state index contributed by atoms with van der Waals surface area (Å²) >= 11 is 0. The van der Waals surface area contributed by atoms with Gasteiger partial charge >= 0.3 is 6.09 Å². The molecule has 0 aliphatic heterocycles. The fraction of sp³-hybridized carbons (Fsp3) is 0.321. The quantitative estimate of drug-likeness (QED) is 0.461. The Morgan fingerprint density at radius 1 is 0.879 bits per heavy atom. The average molecular weight is 448 g/mol. The minimum absolute atomic E-state index is 0.126. The van der Waals surface area contributed by atoms with Crippen LogP contribution < -0.4 is 10.1 Å². The lowest BCUT2D eigenvalue weighted by Gasteiger charge is -2.25. The van der Waals surface area contributed by atoms with Crippen molar-refractivity contribution < 1.29 is 19.4 Å². The van der Waals surface area contributed by atoms with E-state index in [1.807, 2.05) is 72.8 Å². The molecule has 0 bridgehead atoms. The molecule has 2 N–H and O–H groups in total. The Hall–Kier alpha value is -3.31. The summed E-state index contributed by atoms with van der Waals surface area (Å²) < 4.78 is 11.4. The van der Waals surface area contributed by atoms with Crippen molar-refractivity contribution in [3.05, 3.63) is 101 Å². The number of carbonyl (C=O) groups is 1. The molecule has 1 unspecified atom stereocenters. The minimum Gasteiger partial charge on any atom is -0.489 e. The van der Waals surface area contributed by atoms with Gasteiger partial charge in [-0.2, -0.15) is 0 Å². The van der Waals surface area contributed by atoms with E-state index in [2.05, 4.69) is 32.2 Å². The molecular formula is C28H33NO4. The van der Waals surface area contributed by atoms with Crippen molar-refractivity contribution in [2.24, 2.45) is 0 Å². The van der Waals surface area contributed by atoms with Gasteiger partial charge in [-0.3, -0.25) is 0 Å². The molecule has 1 amide bonds. The number of hydrogen-bond acceptors (Lipinski definition) is 4. The summed E-state index contributed by atoms with van der Waals surface area (Å²) in [4.78, 5) is 12.2. The van der Waals surface area contributed by atoms with E-state index in [0.29, 0.717) is 13.0 Å². The van der Waals surface area contributed by atoms with Crippen molar-refractivity contribution in [3.63, 3.8) is 0 Å². The lowest BCUT2D eigenvalue weighted by atomic mass is 9.84. The number of amides is 1. The second-order valence-electron chi connectivity index (χ2n) is 9.14. The van der Waals surface area contributed by atoms with Crippen LogP contribution in [0.4, 0.5) is 4.79 Å². The molecule has 174 valence electrons. The summed E-state index contributed by atoms with van der Waals surface area (Å²) in [6.07, 6.45) is -0.0596. The van der Waals surface area contributed by atoms with Crippen LogP contribution >= 0.6 is 0 Å². The fourth-order valence-electron chi connectivity index (χ4n) is 3.53. The summed E-state index contributed by atoms with van der Waals surface area (Å²) in [7, 11) is 0. The topological polar surface area (TPSA) is 67.8 Å². The van der Waals surface area contributed by atoms with E-state index in [4.69, 9.17) is 9.47 Å². The molecule has 0 radical (unpaired) electrons. The van der Waals surface area contributed by atoms with Crippen LogP contribution in [0.5, 0.6) is 5.75 Å². The summed E-state index contributed by atoms with van der Waals surface area (Å²) in [5.41, 5.74) is 3.99. The van der Waals surface area contributed by atoms with E-state index in [0.717, 1.165) is 28.0 Å². The second-order valence-corrected chi connectivity index (χ2v) is 9.14. The molecule has 5 heteroatoms. The van der Waals surface area contributed by atoms with E-state index in [9.17, 15) is 9.90 Å². The Balaban J connectivity index is 1.63. The third kappa shape index (κ3) is 7.65. The molecule has 0 heterocycles. The number of hydrogen-bond donors (Lipinski definition) is 2. The molecule has 5 nitrogen and oxygen atoms in total. The van der Waals surface area contributed by atoms with Gasteiger partial charge in [0.15, 0.2) is 0 Å². The molecule has 0 fully saturated rings. The van der Waals surface area contributed by atoms with Crippen LogP contribution in [0.2, 0.25) is 0 Å². The first-order valence-electron chi connectivity index (χ1n) is 11.2. The SMILES string of the molecule is CC(C)(C)c1cc(CC(CO)NC(=O)OCc2ccccc2)ccc1OCc1ccccc1. The van der Waals surface area contributed by atoms with Crippen molar-refractivity contribution in [1.29, 1.82) is 0 Å². The first-order chi connectivity index (χ1) is 15.8. The zero-order chi connectivity index (χ0) is 23.7. The Kier molecular flexibility index (Phi) is 8.50. The molecule has 33 heavy (non-hydrogen) atoms. The van der Waals surface area contributed by atoms with Gasteiger partial charge in [0.1, 0.15) is 19.0 Å². The lowest BCUT2D eigenvalue weighted by Crippen LogP contribution is -2.39. The number of aliphatic hydroxyl groups excluding tert-OH is 1. The van der Waals surface area contributed by atoms with Gasteiger partial charge in [-0.1, -0.05) is 93.6 Å². The van der Waals surface area contributed by atoms with Crippen LogP contribution in [-0.2, 0) is 29.8 Å². The number of nitrogens with one attached hydrogen (secondary N) is 1. The predicted octanol–water partition coefficient (Wildman–Crippen LogP) is 5.39. The molecule has 3 aromatic rings. The van der Waals surface area contributed by atoms with E-state index >= 15 is 0 Å². The van der Waals surface area contributed by atoms with Crippen LogP contribution in [-0.4, -0.2) is 23.8 Å². The van der Waals surface area contributed by atoms with Gasteiger partial charge in [0.25, 0.3) is 0 Å².